The number of piperidine rings is 1. The third-order valence-electron chi connectivity index (χ3n) is 4.50. The standard InChI is InChI=1S/C14H20N2O3S/c1-9-5-13(19-2)14(7-12(9)15)20(17,18)16-8-10-3-4-11(16)6-10/h5,7,10-11H,3-4,6,8,15H2,1-2H3. The summed E-state index contributed by atoms with van der Waals surface area (Å²) in [7, 11) is -2.04. The summed E-state index contributed by atoms with van der Waals surface area (Å²) in [6.45, 7) is 2.47. The van der Waals surface area contributed by atoms with Gasteiger partial charge in [-0.15, -0.1) is 0 Å². The molecule has 2 unspecified atom stereocenters. The fraction of sp³-hybridized carbons (Fsp3) is 0.571. The molecule has 1 aromatic rings. The molecular weight excluding hydrogens is 276 g/mol. The van der Waals surface area contributed by atoms with Crippen LogP contribution in [0.5, 0.6) is 5.75 Å². The minimum absolute atomic E-state index is 0.150. The van der Waals surface area contributed by atoms with Crippen LogP contribution in [0.1, 0.15) is 24.8 Å². The van der Waals surface area contributed by atoms with Crippen LogP contribution < -0.4 is 10.5 Å². The smallest absolute Gasteiger partial charge is 0.247 e. The average Bonchev–Trinajstić information content (AvgIpc) is 3.03. The second-order valence-electron chi connectivity index (χ2n) is 5.77. The molecule has 3 rings (SSSR count). The first kappa shape index (κ1) is 13.7. The molecule has 2 N–H and O–H groups in total. The van der Waals surface area contributed by atoms with Crippen molar-refractivity contribution >= 4 is 15.7 Å². The minimum Gasteiger partial charge on any atom is -0.495 e. The topological polar surface area (TPSA) is 72.6 Å². The lowest BCUT2D eigenvalue weighted by atomic mass is 10.1. The maximum absolute atomic E-state index is 12.9. The van der Waals surface area contributed by atoms with Crippen molar-refractivity contribution < 1.29 is 13.2 Å². The zero-order chi connectivity index (χ0) is 14.5. The van der Waals surface area contributed by atoms with E-state index in [4.69, 9.17) is 10.5 Å². The Labute approximate surface area is 119 Å². The van der Waals surface area contributed by atoms with Gasteiger partial charge in [-0.25, -0.2) is 8.42 Å². The number of sulfonamides is 1. The Morgan fingerprint density at radius 2 is 2.10 bits per heavy atom. The SMILES string of the molecule is COc1cc(C)c(N)cc1S(=O)(=O)N1CC2CCC1C2. The summed E-state index contributed by atoms with van der Waals surface area (Å²) in [5.74, 6) is 0.892. The molecule has 1 aromatic carbocycles. The Morgan fingerprint density at radius 1 is 1.35 bits per heavy atom. The van der Waals surface area contributed by atoms with E-state index < -0.39 is 10.0 Å². The molecule has 6 heteroatoms. The van der Waals surface area contributed by atoms with Gasteiger partial charge in [0.15, 0.2) is 0 Å². The lowest BCUT2D eigenvalue weighted by Crippen LogP contribution is -2.37. The molecule has 1 saturated heterocycles. The fourth-order valence-corrected chi connectivity index (χ4v) is 5.25. The van der Waals surface area contributed by atoms with Gasteiger partial charge in [-0.05, 0) is 49.8 Å². The lowest BCUT2D eigenvalue weighted by molar-refractivity contribution is 0.330. The summed E-state index contributed by atoms with van der Waals surface area (Å²) >= 11 is 0. The Balaban J connectivity index is 2.05. The molecule has 1 aliphatic heterocycles. The highest BCUT2D eigenvalue weighted by atomic mass is 32.2. The molecule has 0 aromatic heterocycles. The van der Waals surface area contributed by atoms with E-state index in [2.05, 4.69) is 0 Å². The van der Waals surface area contributed by atoms with Gasteiger partial charge in [-0.2, -0.15) is 4.31 Å². The Kier molecular flexibility index (Phi) is 3.17. The first-order valence-electron chi connectivity index (χ1n) is 6.89. The molecular formula is C14H20N2O3S. The number of benzene rings is 1. The monoisotopic (exact) mass is 296 g/mol. The number of anilines is 1. The van der Waals surface area contributed by atoms with Crippen LogP contribution >= 0.6 is 0 Å². The Bertz CT molecular complexity index is 642. The van der Waals surface area contributed by atoms with Crippen LogP contribution in [0.15, 0.2) is 17.0 Å². The van der Waals surface area contributed by atoms with Crippen molar-refractivity contribution in [2.75, 3.05) is 19.4 Å². The molecule has 1 aliphatic carbocycles. The first-order valence-corrected chi connectivity index (χ1v) is 8.33. The van der Waals surface area contributed by atoms with Crippen LogP contribution in [0.4, 0.5) is 5.69 Å². The van der Waals surface area contributed by atoms with E-state index in [1.807, 2.05) is 6.92 Å². The lowest BCUT2D eigenvalue weighted by Gasteiger charge is -2.27. The van der Waals surface area contributed by atoms with Gasteiger partial charge in [0.1, 0.15) is 10.6 Å². The van der Waals surface area contributed by atoms with Crippen LogP contribution in [0, 0.1) is 12.8 Å². The van der Waals surface area contributed by atoms with Crippen molar-refractivity contribution in [1.82, 2.24) is 4.31 Å². The summed E-state index contributed by atoms with van der Waals surface area (Å²) in [5.41, 5.74) is 7.18. The molecule has 2 bridgehead atoms. The zero-order valence-corrected chi connectivity index (χ0v) is 12.6. The van der Waals surface area contributed by atoms with Gasteiger partial charge in [-0.3, -0.25) is 0 Å². The Morgan fingerprint density at radius 3 is 2.65 bits per heavy atom. The maximum Gasteiger partial charge on any atom is 0.247 e. The van der Waals surface area contributed by atoms with E-state index >= 15 is 0 Å². The van der Waals surface area contributed by atoms with Gasteiger partial charge in [0.25, 0.3) is 0 Å². The third kappa shape index (κ3) is 1.98. The second-order valence-corrected chi connectivity index (χ2v) is 7.63. The van der Waals surface area contributed by atoms with E-state index in [1.165, 1.54) is 13.2 Å². The molecule has 2 atom stereocenters. The van der Waals surface area contributed by atoms with Crippen molar-refractivity contribution in [3.63, 3.8) is 0 Å². The molecule has 0 radical (unpaired) electrons. The molecule has 110 valence electrons. The first-order chi connectivity index (χ1) is 9.43. The molecule has 2 fully saturated rings. The van der Waals surface area contributed by atoms with E-state index in [9.17, 15) is 8.42 Å². The molecule has 0 amide bonds. The Hall–Kier alpha value is -1.27. The predicted molar refractivity (Wildman–Crippen MR) is 77.2 cm³/mol. The van der Waals surface area contributed by atoms with E-state index in [1.54, 1.807) is 10.4 Å². The highest BCUT2D eigenvalue weighted by molar-refractivity contribution is 7.89. The zero-order valence-electron chi connectivity index (χ0n) is 11.8. The van der Waals surface area contributed by atoms with Gasteiger partial charge >= 0.3 is 0 Å². The molecule has 2 aliphatic rings. The fourth-order valence-electron chi connectivity index (χ4n) is 3.34. The normalized spacial score (nSPS) is 26.1. The van der Waals surface area contributed by atoms with E-state index in [0.29, 0.717) is 23.9 Å². The molecule has 1 saturated carbocycles. The third-order valence-corrected chi connectivity index (χ3v) is 6.44. The molecule has 0 spiro atoms. The number of nitrogens with zero attached hydrogens (tertiary/aromatic N) is 1. The van der Waals surface area contributed by atoms with Crippen LogP contribution in [-0.4, -0.2) is 32.4 Å². The largest absolute Gasteiger partial charge is 0.495 e. The van der Waals surface area contributed by atoms with Gasteiger partial charge in [0.2, 0.25) is 10.0 Å². The number of aryl methyl sites for hydroxylation is 1. The van der Waals surface area contributed by atoms with Crippen molar-refractivity contribution in [2.24, 2.45) is 5.92 Å². The van der Waals surface area contributed by atoms with E-state index in [-0.39, 0.29) is 10.9 Å². The van der Waals surface area contributed by atoms with Crippen LogP contribution in [-0.2, 0) is 10.0 Å². The highest BCUT2D eigenvalue weighted by Gasteiger charge is 2.45. The molecule has 20 heavy (non-hydrogen) atoms. The summed E-state index contributed by atoms with van der Waals surface area (Å²) in [4.78, 5) is 0.190. The number of hydrogen-bond donors (Lipinski definition) is 1. The van der Waals surface area contributed by atoms with Crippen LogP contribution in [0.2, 0.25) is 0 Å². The van der Waals surface area contributed by atoms with Crippen LogP contribution in [0.25, 0.3) is 0 Å². The molecule has 5 nitrogen and oxygen atoms in total. The van der Waals surface area contributed by atoms with Crippen molar-refractivity contribution in [3.05, 3.63) is 17.7 Å². The van der Waals surface area contributed by atoms with Gasteiger partial charge < -0.3 is 10.5 Å². The number of nitrogens with two attached hydrogens (primary N) is 1. The minimum atomic E-state index is -3.52. The summed E-state index contributed by atoms with van der Waals surface area (Å²) in [6.07, 6.45) is 3.10. The number of hydrogen-bond acceptors (Lipinski definition) is 4. The second kappa shape index (κ2) is 4.63. The summed E-state index contributed by atoms with van der Waals surface area (Å²) < 4.78 is 32.6. The number of fused-ring (bicyclic) bond motifs is 2. The highest BCUT2D eigenvalue weighted by Crippen LogP contribution is 2.42. The van der Waals surface area contributed by atoms with Crippen molar-refractivity contribution in [3.8, 4) is 5.75 Å². The van der Waals surface area contributed by atoms with Crippen molar-refractivity contribution in [2.45, 2.75) is 37.1 Å². The maximum atomic E-state index is 12.9. The molecule has 1 heterocycles. The average molecular weight is 296 g/mol. The van der Waals surface area contributed by atoms with Gasteiger partial charge in [0.05, 0.1) is 7.11 Å². The number of ether oxygens (including phenoxy) is 1. The van der Waals surface area contributed by atoms with E-state index in [0.717, 1.165) is 24.8 Å². The van der Waals surface area contributed by atoms with Crippen molar-refractivity contribution in [1.29, 1.82) is 0 Å². The number of rotatable bonds is 3. The van der Waals surface area contributed by atoms with Gasteiger partial charge in [-0.1, -0.05) is 0 Å². The predicted octanol–water partition coefficient (Wildman–Crippen LogP) is 1.76. The summed E-state index contributed by atoms with van der Waals surface area (Å²) in [6, 6.07) is 3.36. The van der Waals surface area contributed by atoms with Crippen LogP contribution in [0.3, 0.4) is 0 Å². The number of methoxy groups -OCH3 is 1. The summed E-state index contributed by atoms with van der Waals surface area (Å²) in [5, 5.41) is 0. The van der Waals surface area contributed by atoms with Gasteiger partial charge in [0, 0.05) is 18.3 Å². The quantitative estimate of drug-likeness (QED) is 0.863. The number of nitrogen functional groups attached to an aromatic ring is 1.